The molecule has 4 nitrogen and oxygen atoms in total. The molecule has 0 aliphatic heterocycles. The molecule has 0 heterocycles. The lowest BCUT2D eigenvalue weighted by atomic mass is 10.1. The van der Waals surface area contributed by atoms with Crippen molar-refractivity contribution in [2.45, 2.75) is 20.5 Å². The fraction of sp³-hybridized carbons (Fsp3) is 0.364. The minimum atomic E-state index is -0.209. The van der Waals surface area contributed by atoms with Gasteiger partial charge in [0, 0.05) is 19.6 Å². The van der Waals surface area contributed by atoms with Gasteiger partial charge in [0.2, 0.25) is 5.91 Å². The van der Waals surface area contributed by atoms with Gasteiger partial charge in [0.1, 0.15) is 5.75 Å². The van der Waals surface area contributed by atoms with E-state index in [0.717, 1.165) is 5.56 Å². The summed E-state index contributed by atoms with van der Waals surface area (Å²) in [4.78, 5) is 10.9. The first-order chi connectivity index (χ1) is 7.04. The van der Waals surface area contributed by atoms with E-state index in [1.165, 1.54) is 6.92 Å². The van der Waals surface area contributed by atoms with Gasteiger partial charge in [-0.3, -0.25) is 4.79 Å². The van der Waals surface area contributed by atoms with Crippen LogP contribution >= 0.6 is 0 Å². The van der Waals surface area contributed by atoms with E-state index in [4.69, 9.17) is 4.74 Å². The second-order valence-corrected chi connectivity index (χ2v) is 3.43. The second-order valence-electron chi connectivity index (χ2n) is 3.43. The van der Waals surface area contributed by atoms with Crippen LogP contribution in [0.3, 0.4) is 0 Å². The molecule has 0 atom stereocenters. The number of ether oxygens (including phenoxy) is 1. The second kappa shape index (κ2) is 4.79. The number of methoxy groups -OCH3 is 1. The molecule has 0 aromatic heterocycles. The summed E-state index contributed by atoms with van der Waals surface area (Å²) in [6.45, 7) is 3.61. The van der Waals surface area contributed by atoms with Crippen molar-refractivity contribution in [3.8, 4) is 5.75 Å². The number of phenolic OH excluding ortho intramolecular Hbond substituents is 1. The Hall–Kier alpha value is -1.55. The Balaban J connectivity index is 3.09. The molecule has 2 N–H and O–H groups in total. The number of benzene rings is 1. The summed E-state index contributed by atoms with van der Waals surface area (Å²) in [6, 6.07) is 3.54. The predicted octanol–water partition coefficient (Wildman–Crippen LogP) is 1.81. The molecule has 1 aromatic carbocycles. The number of amides is 1. The van der Waals surface area contributed by atoms with Crippen LogP contribution in [-0.2, 0) is 16.1 Å². The molecule has 0 saturated heterocycles. The first kappa shape index (κ1) is 11.5. The molecule has 0 fully saturated rings. The van der Waals surface area contributed by atoms with E-state index in [0.29, 0.717) is 17.9 Å². The van der Waals surface area contributed by atoms with E-state index in [-0.39, 0.29) is 11.7 Å². The maximum Gasteiger partial charge on any atom is 0.221 e. The number of aromatic hydroxyl groups is 1. The van der Waals surface area contributed by atoms with Gasteiger partial charge in [0.25, 0.3) is 0 Å². The van der Waals surface area contributed by atoms with Crippen LogP contribution in [0.4, 0.5) is 5.69 Å². The van der Waals surface area contributed by atoms with Crippen LogP contribution in [0.2, 0.25) is 0 Å². The van der Waals surface area contributed by atoms with E-state index in [2.05, 4.69) is 5.32 Å². The number of phenols is 1. The lowest BCUT2D eigenvalue weighted by Gasteiger charge is -2.11. The third-order valence-electron chi connectivity index (χ3n) is 1.94. The summed E-state index contributed by atoms with van der Waals surface area (Å²) in [5.74, 6) is -0.142. The zero-order valence-electron chi connectivity index (χ0n) is 9.13. The molecule has 0 spiro atoms. The number of rotatable bonds is 3. The van der Waals surface area contributed by atoms with Crippen LogP contribution in [0.5, 0.6) is 5.75 Å². The van der Waals surface area contributed by atoms with Crippen molar-refractivity contribution in [1.29, 1.82) is 0 Å². The minimum Gasteiger partial charge on any atom is -0.505 e. The quantitative estimate of drug-likeness (QED) is 0.746. The number of hydrogen-bond acceptors (Lipinski definition) is 3. The van der Waals surface area contributed by atoms with E-state index in [9.17, 15) is 9.90 Å². The van der Waals surface area contributed by atoms with Crippen LogP contribution in [0.25, 0.3) is 0 Å². The molecule has 0 unspecified atom stereocenters. The normalized spacial score (nSPS) is 10.1. The first-order valence-electron chi connectivity index (χ1n) is 4.63. The predicted molar refractivity (Wildman–Crippen MR) is 57.9 cm³/mol. The average Bonchev–Trinajstić information content (AvgIpc) is 2.12. The summed E-state index contributed by atoms with van der Waals surface area (Å²) < 4.78 is 4.95. The Morgan fingerprint density at radius 3 is 2.73 bits per heavy atom. The molecule has 1 amide bonds. The van der Waals surface area contributed by atoms with Crippen LogP contribution < -0.4 is 5.32 Å². The number of aryl methyl sites for hydroxylation is 1. The van der Waals surface area contributed by atoms with Gasteiger partial charge < -0.3 is 15.2 Å². The molecule has 0 aliphatic carbocycles. The molecule has 15 heavy (non-hydrogen) atoms. The molecule has 0 aliphatic rings. The Labute approximate surface area is 88.9 Å². The van der Waals surface area contributed by atoms with Gasteiger partial charge in [-0.1, -0.05) is 0 Å². The number of carbonyl (C=O) groups excluding carboxylic acids is 1. The number of anilines is 1. The third kappa shape index (κ3) is 2.95. The topological polar surface area (TPSA) is 58.6 Å². The average molecular weight is 209 g/mol. The standard InChI is InChI=1S/C11H15NO3/c1-7-4-9(6-15-3)11(14)10(5-7)12-8(2)13/h4-5,14H,6H2,1-3H3,(H,12,13). The highest BCUT2D eigenvalue weighted by molar-refractivity contribution is 5.90. The summed E-state index contributed by atoms with van der Waals surface area (Å²) in [5, 5.41) is 12.4. The van der Waals surface area contributed by atoms with Gasteiger partial charge in [0.05, 0.1) is 12.3 Å². The van der Waals surface area contributed by atoms with E-state index in [1.807, 2.05) is 13.0 Å². The molecule has 0 saturated carbocycles. The Kier molecular flexibility index (Phi) is 3.68. The van der Waals surface area contributed by atoms with E-state index < -0.39 is 0 Å². The van der Waals surface area contributed by atoms with Crippen molar-refractivity contribution in [2.75, 3.05) is 12.4 Å². The zero-order valence-corrected chi connectivity index (χ0v) is 9.13. The van der Waals surface area contributed by atoms with Crippen LogP contribution in [0.1, 0.15) is 18.1 Å². The maximum absolute atomic E-state index is 10.9. The maximum atomic E-state index is 10.9. The number of nitrogens with one attached hydrogen (secondary N) is 1. The molecular formula is C11H15NO3. The Morgan fingerprint density at radius 1 is 1.53 bits per heavy atom. The van der Waals surface area contributed by atoms with Gasteiger partial charge >= 0.3 is 0 Å². The van der Waals surface area contributed by atoms with Gasteiger partial charge in [-0.2, -0.15) is 0 Å². The lowest BCUT2D eigenvalue weighted by molar-refractivity contribution is -0.114. The molecular weight excluding hydrogens is 194 g/mol. The molecule has 0 radical (unpaired) electrons. The van der Waals surface area contributed by atoms with Crippen molar-refractivity contribution < 1.29 is 14.6 Å². The smallest absolute Gasteiger partial charge is 0.221 e. The molecule has 1 aromatic rings. The van der Waals surface area contributed by atoms with Gasteiger partial charge in [0.15, 0.2) is 0 Å². The summed E-state index contributed by atoms with van der Waals surface area (Å²) in [7, 11) is 1.56. The van der Waals surface area contributed by atoms with Crippen LogP contribution in [0.15, 0.2) is 12.1 Å². The summed E-state index contributed by atoms with van der Waals surface area (Å²) in [5.41, 5.74) is 2.06. The van der Waals surface area contributed by atoms with Gasteiger partial charge in [-0.15, -0.1) is 0 Å². The van der Waals surface area contributed by atoms with Crippen molar-refractivity contribution in [1.82, 2.24) is 0 Å². The van der Waals surface area contributed by atoms with Crippen molar-refractivity contribution in [2.24, 2.45) is 0 Å². The highest BCUT2D eigenvalue weighted by atomic mass is 16.5. The number of hydrogen-bond donors (Lipinski definition) is 2. The molecule has 4 heteroatoms. The SMILES string of the molecule is COCc1cc(C)cc(NC(C)=O)c1O. The Morgan fingerprint density at radius 2 is 2.20 bits per heavy atom. The third-order valence-corrected chi connectivity index (χ3v) is 1.94. The monoisotopic (exact) mass is 209 g/mol. The van der Waals surface area contributed by atoms with Gasteiger partial charge in [-0.05, 0) is 24.6 Å². The van der Waals surface area contributed by atoms with Crippen LogP contribution in [0, 0.1) is 6.92 Å². The van der Waals surface area contributed by atoms with E-state index in [1.54, 1.807) is 13.2 Å². The van der Waals surface area contributed by atoms with E-state index >= 15 is 0 Å². The summed E-state index contributed by atoms with van der Waals surface area (Å²) >= 11 is 0. The highest BCUT2D eigenvalue weighted by Crippen LogP contribution is 2.29. The lowest BCUT2D eigenvalue weighted by Crippen LogP contribution is -2.07. The summed E-state index contributed by atoms with van der Waals surface area (Å²) in [6.07, 6.45) is 0. The van der Waals surface area contributed by atoms with Crippen LogP contribution in [-0.4, -0.2) is 18.1 Å². The molecule has 1 rings (SSSR count). The fourth-order valence-corrected chi connectivity index (χ4v) is 1.40. The first-order valence-corrected chi connectivity index (χ1v) is 4.63. The fourth-order valence-electron chi connectivity index (χ4n) is 1.40. The van der Waals surface area contributed by atoms with Gasteiger partial charge in [-0.25, -0.2) is 0 Å². The highest BCUT2D eigenvalue weighted by Gasteiger charge is 2.09. The van der Waals surface area contributed by atoms with Crippen molar-refractivity contribution >= 4 is 11.6 Å². The number of carbonyl (C=O) groups is 1. The van der Waals surface area contributed by atoms with Crippen molar-refractivity contribution in [3.63, 3.8) is 0 Å². The molecule has 0 bridgehead atoms. The minimum absolute atomic E-state index is 0.0673. The largest absolute Gasteiger partial charge is 0.505 e. The van der Waals surface area contributed by atoms with Crippen molar-refractivity contribution in [3.05, 3.63) is 23.3 Å². The zero-order chi connectivity index (χ0) is 11.4. The Bertz CT molecular complexity index is 374. The molecule has 82 valence electrons.